The fourth-order valence-electron chi connectivity index (χ4n) is 2.43. The Hall–Kier alpha value is -3.87. The molecule has 0 fully saturated rings. The molecule has 0 aliphatic rings. The van der Waals surface area contributed by atoms with Crippen LogP contribution in [0.25, 0.3) is 11.3 Å². The number of rotatable bonds is 6. The number of aromatic carboxylic acids is 1. The fourth-order valence-corrected chi connectivity index (χ4v) is 2.43. The van der Waals surface area contributed by atoms with Gasteiger partial charge in [-0.3, -0.25) is 4.79 Å². The highest BCUT2D eigenvalue weighted by molar-refractivity contribution is 5.96. The van der Waals surface area contributed by atoms with Gasteiger partial charge < -0.3 is 14.3 Å². The van der Waals surface area contributed by atoms with Gasteiger partial charge in [0.1, 0.15) is 17.3 Å². The second-order valence-corrected chi connectivity index (χ2v) is 5.48. The molecule has 0 saturated heterocycles. The second-order valence-electron chi connectivity index (χ2n) is 5.48. The number of amides is 1. The number of carboxylic acid groups (broad SMARTS) is 1. The van der Waals surface area contributed by atoms with Gasteiger partial charge in [0.05, 0.1) is 18.9 Å². The Bertz CT molecular complexity index is 1010. The van der Waals surface area contributed by atoms with Crippen molar-refractivity contribution < 1.29 is 23.8 Å². The number of ether oxygens (including phenoxy) is 1. The first-order valence-corrected chi connectivity index (χ1v) is 7.98. The molecule has 2 aromatic carbocycles. The molecule has 0 radical (unpaired) electrons. The normalized spacial score (nSPS) is 10.7. The molecule has 7 heteroatoms. The van der Waals surface area contributed by atoms with E-state index in [0.717, 1.165) is 0 Å². The maximum atomic E-state index is 12.1. The van der Waals surface area contributed by atoms with E-state index in [1.807, 2.05) is 0 Å². The maximum Gasteiger partial charge on any atom is 0.336 e. The molecule has 3 aromatic rings. The number of carbonyl (C=O) groups is 2. The smallest absolute Gasteiger partial charge is 0.336 e. The van der Waals surface area contributed by atoms with Gasteiger partial charge in [-0.25, -0.2) is 10.2 Å². The van der Waals surface area contributed by atoms with E-state index in [0.29, 0.717) is 28.4 Å². The van der Waals surface area contributed by atoms with E-state index in [9.17, 15) is 14.7 Å². The largest absolute Gasteiger partial charge is 0.497 e. The molecular weight excluding hydrogens is 348 g/mol. The lowest BCUT2D eigenvalue weighted by Gasteiger charge is -2.03. The van der Waals surface area contributed by atoms with Crippen LogP contribution in [0.15, 0.2) is 70.2 Å². The van der Waals surface area contributed by atoms with Crippen molar-refractivity contribution in [1.29, 1.82) is 0 Å². The summed E-state index contributed by atoms with van der Waals surface area (Å²) < 4.78 is 10.7. The Labute approximate surface area is 154 Å². The van der Waals surface area contributed by atoms with Crippen LogP contribution in [0.5, 0.6) is 5.75 Å². The molecule has 1 heterocycles. The van der Waals surface area contributed by atoms with Gasteiger partial charge in [-0.05, 0) is 36.4 Å². The topological polar surface area (TPSA) is 101 Å². The summed E-state index contributed by atoms with van der Waals surface area (Å²) in [6, 6.07) is 16.5. The van der Waals surface area contributed by atoms with Crippen molar-refractivity contribution in [3.8, 4) is 17.1 Å². The van der Waals surface area contributed by atoms with Crippen LogP contribution in [-0.4, -0.2) is 30.3 Å². The first kappa shape index (κ1) is 17.9. The SMILES string of the molecule is COc1cccc(C(=O)N/N=C\c2ccc(-c3ccccc3C(=O)O)o2)c1. The van der Waals surface area contributed by atoms with E-state index in [1.54, 1.807) is 54.6 Å². The molecule has 136 valence electrons. The lowest BCUT2D eigenvalue weighted by molar-refractivity contribution is 0.0697. The van der Waals surface area contributed by atoms with Crippen molar-refractivity contribution in [2.75, 3.05) is 7.11 Å². The quantitative estimate of drug-likeness (QED) is 0.515. The summed E-state index contributed by atoms with van der Waals surface area (Å²) in [6.07, 6.45) is 1.34. The van der Waals surface area contributed by atoms with Crippen LogP contribution in [0.2, 0.25) is 0 Å². The molecule has 0 aliphatic carbocycles. The van der Waals surface area contributed by atoms with E-state index in [4.69, 9.17) is 9.15 Å². The van der Waals surface area contributed by atoms with Crippen LogP contribution in [0.3, 0.4) is 0 Å². The zero-order valence-electron chi connectivity index (χ0n) is 14.4. The third kappa shape index (κ3) is 4.21. The standard InChI is InChI=1S/C20H16N2O5/c1-26-14-6-4-5-13(11-14)19(23)22-21-12-15-9-10-18(27-15)16-7-2-3-8-17(16)20(24)25/h2-12H,1H3,(H,22,23)(H,24,25)/b21-12-. The van der Waals surface area contributed by atoms with Crippen LogP contribution in [0.4, 0.5) is 0 Å². The minimum atomic E-state index is -1.04. The molecule has 2 N–H and O–H groups in total. The second kappa shape index (κ2) is 8.01. The Kier molecular flexibility index (Phi) is 5.32. The Morgan fingerprint density at radius 2 is 1.93 bits per heavy atom. The minimum Gasteiger partial charge on any atom is -0.497 e. The van der Waals surface area contributed by atoms with Gasteiger partial charge >= 0.3 is 5.97 Å². The van der Waals surface area contributed by atoms with Crippen molar-refractivity contribution >= 4 is 18.1 Å². The number of benzene rings is 2. The monoisotopic (exact) mass is 364 g/mol. The summed E-state index contributed by atoms with van der Waals surface area (Å²) in [4.78, 5) is 23.4. The first-order valence-electron chi connectivity index (χ1n) is 7.98. The van der Waals surface area contributed by atoms with E-state index < -0.39 is 11.9 Å². The van der Waals surface area contributed by atoms with E-state index in [2.05, 4.69) is 10.5 Å². The third-order valence-corrected chi connectivity index (χ3v) is 3.74. The highest BCUT2D eigenvalue weighted by Crippen LogP contribution is 2.25. The molecule has 1 amide bonds. The number of nitrogens with zero attached hydrogens (tertiary/aromatic N) is 1. The van der Waals surface area contributed by atoms with Gasteiger partial charge in [-0.1, -0.05) is 24.3 Å². The van der Waals surface area contributed by atoms with Crippen LogP contribution in [0, 0.1) is 0 Å². The zero-order chi connectivity index (χ0) is 19.2. The number of nitrogens with one attached hydrogen (secondary N) is 1. The molecule has 0 spiro atoms. The van der Waals surface area contributed by atoms with Crippen molar-refractivity contribution in [1.82, 2.24) is 5.43 Å². The van der Waals surface area contributed by atoms with Gasteiger partial charge in [0.25, 0.3) is 5.91 Å². The Balaban J connectivity index is 1.71. The molecule has 7 nitrogen and oxygen atoms in total. The number of hydrazone groups is 1. The van der Waals surface area contributed by atoms with Crippen molar-refractivity contribution in [2.45, 2.75) is 0 Å². The molecule has 3 rings (SSSR count). The summed E-state index contributed by atoms with van der Waals surface area (Å²) in [7, 11) is 1.52. The highest BCUT2D eigenvalue weighted by atomic mass is 16.5. The first-order chi connectivity index (χ1) is 13.1. The lowest BCUT2D eigenvalue weighted by atomic mass is 10.1. The van der Waals surface area contributed by atoms with E-state index in [1.165, 1.54) is 19.4 Å². The van der Waals surface area contributed by atoms with Gasteiger partial charge in [0.2, 0.25) is 0 Å². The molecule has 0 saturated carbocycles. The predicted octanol–water partition coefficient (Wildman–Crippen LogP) is 3.42. The summed E-state index contributed by atoms with van der Waals surface area (Å²) in [5, 5.41) is 13.1. The summed E-state index contributed by atoms with van der Waals surface area (Å²) >= 11 is 0. The zero-order valence-corrected chi connectivity index (χ0v) is 14.4. The maximum absolute atomic E-state index is 12.1. The molecule has 0 atom stereocenters. The number of hydrogen-bond donors (Lipinski definition) is 2. The number of methoxy groups -OCH3 is 1. The van der Waals surface area contributed by atoms with Crippen LogP contribution in [-0.2, 0) is 0 Å². The van der Waals surface area contributed by atoms with Crippen LogP contribution >= 0.6 is 0 Å². The van der Waals surface area contributed by atoms with Gasteiger partial charge in [-0.15, -0.1) is 0 Å². The Morgan fingerprint density at radius 3 is 2.70 bits per heavy atom. The molecule has 0 aliphatic heterocycles. The van der Waals surface area contributed by atoms with Gasteiger partial charge in [-0.2, -0.15) is 5.10 Å². The minimum absolute atomic E-state index is 0.140. The van der Waals surface area contributed by atoms with Gasteiger partial charge in [0.15, 0.2) is 0 Å². The molecular formula is C20H16N2O5. The van der Waals surface area contributed by atoms with Gasteiger partial charge in [0, 0.05) is 11.1 Å². The molecule has 0 bridgehead atoms. The Morgan fingerprint density at radius 1 is 1.11 bits per heavy atom. The highest BCUT2D eigenvalue weighted by Gasteiger charge is 2.13. The third-order valence-electron chi connectivity index (χ3n) is 3.74. The number of carbonyl (C=O) groups excluding carboxylic acids is 1. The lowest BCUT2D eigenvalue weighted by Crippen LogP contribution is -2.17. The summed E-state index contributed by atoms with van der Waals surface area (Å²) in [6.45, 7) is 0. The molecule has 0 unspecified atom stereocenters. The number of furan rings is 1. The molecule has 27 heavy (non-hydrogen) atoms. The summed E-state index contributed by atoms with van der Waals surface area (Å²) in [5.74, 6) is -0.0972. The average molecular weight is 364 g/mol. The number of hydrogen-bond acceptors (Lipinski definition) is 5. The van der Waals surface area contributed by atoms with Crippen molar-refractivity contribution in [3.05, 3.63) is 77.6 Å². The fraction of sp³-hybridized carbons (Fsp3) is 0.0500. The van der Waals surface area contributed by atoms with E-state index in [-0.39, 0.29) is 5.56 Å². The van der Waals surface area contributed by atoms with Crippen molar-refractivity contribution in [3.63, 3.8) is 0 Å². The summed E-state index contributed by atoms with van der Waals surface area (Å²) in [5.41, 5.74) is 3.41. The average Bonchev–Trinajstić information content (AvgIpc) is 3.16. The molecule has 1 aromatic heterocycles. The van der Waals surface area contributed by atoms with Crippen LogP contribution in [0.1, 0.15) is 26.5 Å². The van der Waals surface area contributed by atoms with Crippen LogP contribution < -0.4 is 10.2 Å². The predicted molar refractivity (Wildman–Crippen MR) is 99.2 cm³/mol. The number of carboxylic acids is 1. The van der Waals surface area contributed by atoms with Crippen molar-refractivity contribution in [2.24, 2.45) is 5.10 Å². The van der Waals surface area contributed by atoms with E-state index >= 15 is 0 Å².